The number of amides is 4. The quantitative estimate of drug-likeness (QED) is 0.617. The van der Waals surface area contributed by atoms with Gasteiger partial charge in [0.25, 0.3) is 5.91 Å². The lowest BCUT2D eigenvalue weighted by molar-refractivity contribution is -0.133. The fraction of sp³-hybridized carbons (Fsp3) is 0.375. The van der Waals surface area contributed by atoms with Gasteiger partial charge in [-0.1, -0.05) is 12.1 Å². The van der Waals surface area contributed by atoms with Crippen LogP contribution in [0.25, 0.3) is 0 Å². The summed E-state index contributed by atoms with van der Waals surface area (Å²) in [6.45, 7) is 8.47. The van der Waals surface area contributed by atoms with Crippen LogP contribution in [0, 0.1) is 0 Å². The lowest BCUT2D eigenvalue weighted by atomic mass is 9.92. The van der Waals surface area contributed by atoms with E-state index in [0.717, 1.165) is 17.1 Å². The summed E-state index contributed by atoms with van der Waals surface area (Å²) in [5.74, 6) is -0.281. The molecule has 2 aromatic rings. The van der Waals surface area contributed by atoms with Gasteiger partial charge < -0.3 is 20.3 Å². The molecule has 1 aliphatic heterocycles. The van der Waals surface area contributed by atoms with Crippen LogP contribution >= 0.6 is 0 Å². The second-order valence-corrected chi connectivity index (χ2v) is 8.15. The summed E-state index contributed by atoms with van der Waals surface area (Å²) in [7, 11) is 1.55. The molecule has 1 aliphatic rings. The molecule has 0 spiro atoms. The number of nitrogens with zero attached hydrogens (tertiary/aromatic N) is 2. The number of rotatable bonds is 8. The Hall–Kier alpha value is -3.55. The van der Waals surface area contributed by atoms with Crippen LogP contribution in [0.4, 0.5) is 16.2 Å². The number of hydrogen-bond donors (Lipinski definition) is 2. The van der Waals surface area contributed by atoms with Crippen molar-refractivity contribution in [2.45, 2.75) is 39.3 Å². The smallest absolute Gasteiger partial charge is 0.325 e. The minimum Gasteiger partial charge on any atom is -0.497 e. The van der Waals surface area contributed by atoms with E-state index < -0.39 is 23.4 Å². The molecule has 1 saturated heterocycles. The van der Waals surface area contributed by atoms with Crippen LogP contribution in [0.15, 0.2) is 48.5 Å². The molecule has 8 nitrogen and oxygen atoms in total. The number of benzene rings is 2. The summed E-state index contributed by atoms with van der Waals surface area (Å²) in [6.07, 6.45) is 0. The monoisotopic (exact) mass is 438 g/mol. The first-order valence-electron chi connectivity index (χ1n) is 10.6. The third kappa shape index (κ3) is 4.54. The molecule has 1 fully saturated rings. The second-order valence-electron chi connectivity index (χ2n) is 8.15. The van der Waals surface area contributed by atoms with Crippen LogP contribution in [0.2, 0.25) is 0 Å². The first-order chi connectivity index (χ1) is 15.2. The fourth-order valence-electron chi connectivity index (χ4n) is 3.89. The van der Waals surface area contributed by atoms with Gasteiger partial charge in [-0.2, -0.15) is 0 Å². The number of nitrogens with one attached hydrogen (secondary N) is 2. The standard InChI is InChI=1S/C24H30N4O4/c1-6-27(16(2)3)19-11-9-18(10-12-19)25-21(29)15-28-22(30)24(4,26-23(28)31)17-7-13-20(32-5)14-8-17/h7-14,16H,6,15H2,1-5H3,(H,25,29)(H,26,31)/t24-/m1/s1. The zero-order valence-corrected chi connectivity index (χ0v) is 19.1. The van der Waals surface area contributed by atoms with E-state index in [-0.39, 0.29) is 6.54 Å². The maximum absolute atomic E-state index is 13.0. The number of hydrogen-bond acceptors (Lipinski definition) is 5. The normalized spacial score (nSPS) is 18.0. The van der Waals surface area contributed by atoms with Gasteiger partial charge in [-0.3, -0.25) is 14.5 Å². The maximum Gasteiger partial charge on any atom is 0.325 e. The molecule has 0 aliphatic carbocycles. The Bertz CT molecular complexity index is 988. The predicted molar refractivity (Wildman–Crippen MR) is 124 cm³/mol. The van der Waals surface area contributed by atoms with Crippen molar-refractivity contribution in [2.24, 2.45) is 0 Å². The molecular formula is C24H30N4O4. The van der Waals surface area contributed by atoms with E-state index in [4.69, 9.17) is 4.74 Å². The zero-order valence-electron chi connectivity index (χ0n) is 19.1. The number of carbonyl (C=O) groups excluding carboxylic acids is 3. The van der Waals surface area contributed by atoms with Crippen LogP contribution in [0.3, 0.4) is 0 Å². The van der Waals surface area contributed by atoms with Gasteiger partial charge in [0.2, 0.25) is 5.91 Å². The summed E-state index contributed by atoms with van der Waals surface area (Å²) in [4.78, 5) is 41.2. The van der Waals surface area contributed by atoms with Crippen LogP contribution in [-0.4, -0.2) is 49.0 Å². The van der Waals surface area contributed by atoms with Crippen molar-refractivity contribution in [3.8, 4) is 5.75 Å². The Labute approximate surface area is 188 Å². The van der Waals surface area contributed by atoms with Gasteiger partial charge in [0.05, 0.1) is 7.11 Å². The number of methoxy groups -OCH3 is 1. The first kappa shape index (κ1) is 23.1. The molecule has 170 valence electrons. The van der Waals surface area contributed by atoms with Gasteiger partial charge in [-0.05, 0) is 69.7 Å². The van der Waals surface area contributed by atoms with Crippen molar-refractivity contribution in [3.05, 3.63) is 54.1 Å². The van der Waals surface area contributed by atoms with Crippen molar-refractivity contribution in [2.75, 3.05) is 30.4 Å². The molecule has 0 bridgehead atoms. The third-order valence-electron chi connectivity index (χ3n) is 5.69. The lowest BCUT2D eigenvalue weighted by Crippen LogP contribution is -2.42. The molecule has 4 amide bonds. The molecule has 1 heterocycles. The summed E-state index contributed by atoms with van der Waals surface area (Å²) in [5.41, 5.74) is 1.03. The molecule has 0 aromatic heterocycles. The van der Waals surface area contributed by atoms with Gasteiger partial charge in [-0.15, -0.1) is 0 Å². The maximum atomic E-state index is 13.0. The molecular weight excluding hydrogens is 408 g/mol. The van der Waals surface area contributed by atoms with Crippen LogP contribution in [0.5, 0.6) is 5.75 Å². The highest BCUT2D eigenvalue weighted by Crippen LogP contribution is 2.30. The van der Waals surface area contributed by atoms with Crippen molar-refractivity contribution >= 4 is 29.2 Å². The largest absolute Gasteiger partial charge is 0.497 e. The van der Waals surface area contributed by atoms with Crippen molar-refractivity contribution in [3.63, 3.8) is 0 Å². The number of imide groups is 1. The topological polar surface area (TPSA) is 91.0 Å². The Morgan fingerprint density at radius 2 is 1.75 bits per heavy atom. The molecule has 2 N–H and O–H groups in total. The van der Waals surface area contributed by atoms with Gasteiger partial charge in [0.15, 0.2) is 0 Å². The number of carbonyl (C=O) groups is 3. The van der Waals surface area contributed by atoms with Crippen LogP contribution in [-0.2, 0) is 15.1 Å². The highest BCUT2D eigenvalue weighted by molar-refractivity contribution is 6.10. The Kier molecular flexibility index (Phi) is 6.72. The molecule has 2 aromatic carbocycles. The van der Waals surface area contributed by atoms with E-state index in [1.165, 1.54) is 0 Å². The summed E-state index contributed by atoms with van der Waals surface area (Å²) < 4.78 is 5.14. The minimum absolute atomic E-state index is 0.361. The predicted octanol–water partition coefficient (Wildman–Crippen LogP) is 3.34. The van der Waals surface area contributed by atoms with Crippen LogP contribution in [0.1, 0.15) is 33.3 Å². The summed E-state index contributed by atoms with van der Waals surface area (Å²) in [6, 6.07) is 14.1. The molecule has 0 unspecified atom stereocenters. The van der Waals surface area contributed by atoms with Gasteiger partial charge >= 0.3 is 6.03 Å². The number of anilines is 2. The first-order valence-corrected chi connectivity index (χ1v) is 10.6. The van der Waals surface area contributed by atoms with Gasteiger partial charge in [0, 0.05) is 24.0 Å². The number of urea groups is 1. The summed E-state index contributed by atoms with van der Waals surface area (Å²) >= 11 is 0. The average molecular weight is 439 g/mol. The van der Waals surface area contributed by atoms with Gasteiger partial charge in [-0.25, -0.2) is 4.79 Å². The fourth-order valence-corrected chi connectivity index (χ4v) is 3.89. The Morgan fingerprint density at radius 1 is 1.12 bits per heavy atom. The molecule has 32 heavy (non-hydrogen) atoms. The SMILES string of the molecule is CCN(c1ccc(NC(=O)CN2C(=O)N[C@](C)(c3ccc(OC)cc3)C2=O)cc1)C(C)C. The van der Waals surface area contributed by atoms with Gasteiger partial charge in [0.1, 0.15) is 17.8 Å². The Morgan fingerprint density at radius 3 is 2.28 bits per heavy atom. The van der Waals surface area contributed by atoms with E-state index in [9.17, 15) is 14.4 Å². The zero-order chi connectivity index (χ0) is 23.5. The Balaban J connectivity index is 1.67. The lowest BCUT2D eigenvalue weighted by Gasteiger charge is -2.27. The highest BCUT2D eigenvalue weighted by atomic mass is 16.5. The van der Waals surface area contributed by atoms with Crippen LogP contribution < -0.4 is 20.3 Å². The van der Waals surface area contributed by atoms with Crippen molar-refractivity contribution < 1.29 is 19.1 Å². The molecule has 8 heteroatoms. The minimum atomic E-state index is -1.24. The molecule has 3 rings (SSSR count). The molecule has 0 saturated carbocycles. The third-order valence-corrected chi connectivity index (χ3v) is 5.69. The second kappa shape index (κ2) is 9.30. The van der Waals surface area contributed by atoms with E-state index in [1.54, 1.807) is 38.3 Å². The molecule has 1 atom stereocenters. The van der Waals surface area contributed by atoms with E-state index >= 15 is 0 Å². The number of ether oxygens (including phenoxy) is 1. The van der Waals surface area contributed by atoms with Crippen molar-refractivity contribution in [1.29, 1.82) is 0 Å². The summed E-state index contributed by atoms with van der Waals surface area (Å²) in [5, 5.41) is 5.46. The average Bonchev–Trinajstić information content (AvgIpc) is 2.99. The molecule has 0 radical (unpaired) electrons. The highest BCUT2D eigenvalue weighted by Gasteiger charge is 2.49. The van der Waals surface area contributed by atoms with E-state index in [2.05, 4.69) is 36.3 Å². The van der Waals surface area contributed by atoms with Crippen molar-refractivity contribution in [1.82, 2.24) is 10.2 Å². The van der Waals surface area contributed by atoms with E-state index in [0.29, 0.717) is 23.0 Å². The van der Waals surface area contributed by atoms with E-state index in [1.807, 2.05) is 24.3 Å².